The Hall–Kier alpha value is -3.13. The summed E-state index contributed by atoms with van der Waals surface area (Å²) in [5.74, 6) is -2.49. The fourth-order valence-corrected chi connectivity index (χ4v) is 9.86. The first-order valence-corrected chi connectivity index (χ1v) is 23.9. The molecule has 0 amide bonds. The second kappa shape index (κ2) is 24.3. The third-order valence-corrected chi connectivity index (χ3v) is 12.8. The first-order valence-electron chi connectivity index (χ1n) is 23.9. The van der Waals surface area contributed by atoms with Crippen molar-refractivity contribution in [1.29, 1.82) is 0 Å². The van der Waals surface area contributed by atoms with Gasteiger partial charge in [0.1, 0.15) is 42.7 Å². The van der Waals surface area contributed by atoms with E-state index in [0.29, 0.717) is 25.7 Å². The summed E-state index contributed by atoms with van der Waals surface area (Å²) < 4.78 is 96.9. The summed E-state index contributed by atoms with van der Waals surface area (Å²) >= 11 is 0. The molecule has 22 heteroatoms. The molecule has 6 fully saturated rings. The molecule has 22 nitrogen and oxygen atoms in total. The van der Waals surface area contributed by atoms with Crippen molar-refractivity contribution in [1.82, 2.24) is 0 Å². The highest BCUT2D eigenvalue weighted by molar-refractivity contribution is 5.67. The molecule has 0 saturated carbocycles. The van der Waals surface area contributed by atoms with Gasteiger partial charge in [0.2, 0.25) is 0 Å². The maximum Gasteiger partial charge on any atom is 0.303 e. The lowest BCUT2D eigenvalue weighted by Gasteiger charge is -2.46. The van der Waals surface area contributed by atoms with E-state index in [1.54, 1.807) is 34.6 Å². The molecular formula is C46H72O22. The molecule has 22 atom stereocenters. The highest BCUT2D eigenvalue weighted by Crippen LogP contribution is 2.37. The van der Waals surface area contributed by atoms with Gasteiger partial charge < -0.3 is 80.9 Å². The number of esters is 5. The Balaban J connectivity index is 1.05. The Bertz CT molecular complexity index is 1700. The van der Waals surface area contributed by atoms with E-state index in [0.717, 1.165) is 0 Å². The highest BCUT2D eigenvalue weighted by atomic mass is 16.8. The number of ether oxygens (including phenoxy) is 16. The largest absolute Gasteiger partial charge is 0.460 e. The minimum absolute atomic E-state index is 0.0133. The molecule has 0 aromatic carbocycles. The molecule has 0 aliphatic carbocycles. The zero-order chi connectivity index (χ0) is 49.6. The molecule has 388 valence electrons. The molecule has 0 spiro atoms. The van der Waals surface area contributed by atoms with E-state index in [2.05, 4.69) is 0 Å². The number of aliphatic hydroxyl groups is 1. The molecule has 6 heterocycles. The number of carbonyl (C=O) groups excluding carboxylic acids is 5. The summed E-state index contributed by atoms with van der Waals surface area (Å²) in [7, 11) is 0. The summed E-state index contributed by atoms with van der Waals surface area (Å²) in [4.78, 5) is 60.3. The third-order valence-electron chi connectivity index (χ3n) is 12.8. The topological polar surface area (TPSA) is 253 Å². The molecule has 6 saturated heterocycles. The molecule has 6 aliphatic heterocycles. The Morgan fingerprint density at radius 3 is 1.09 bits per heavy atom. The van der Waals surface area contributed by atoms with E-state index in [-0.39, 0.29) is 25.7 Å². The monoisotopic (exact) mass is 976 g/mol. The molecule has 6 rings (SSSR count). The lowest BCUT2D eigenvalue weighted by molar-refractivity contribution is -0.342. The van der Waals surface area contributed by atoms with Crippen LogP contribution in [0.5, 0.6) is 0 Å². The van der Waals surface area contributed by atoms with Crippen molar-refractivity contribution < 1.29 is 105 Å². The number of hydrogen-bond acceptors (Lipinski definition) is 22. The van der Waals surface area contributed by atoms with Gasteiger partial charge in [-0.3, -0.25) is 24.0 Å². The fourth-order valence-electron chi connectivity index (χ4n) is 9.86. The van der Waals surface area contributed by atoms with Crippen LogP contribution in [-0.4, -0.2) is 170 Å². The van der Waals surface area contributed by atoms with Crippen LogP contribution in [0.4, 0.5) is 0 Å². The van der Waals surface area contributed by atoms with E-state index in [1.807, 2.05) is 6.92 Å². The second-order valence-electron chi connectivity index (χ2n) is 18.6. The van der Waals surface area contributed by atoms with E-state index >= 15 is 0 Å². The molecule has 0 aromatic rings. The van der Waals surface area contributed by atoms with Crippen LogP contribution in [-0.2, 0) is 99.8 Å². The number of aliphatic hydroxyl groups excluding tert-OH is 1. The smallest absolute Gasteiger partial charge is 0.303 e. The van der Waals surface area contributed by atoms with Crippen LogP contribution in [0, 0.1) is 0 Å². The summed E-state index contributed by atoms with van der Waals surface area (Å²) in [6.07, 6.45) is -13.4. The number of carbonyl (C=O) groups is 5. The van der Waals surface area contributed by atoms with Crippen molar-refractivity contribution in [3.8, 4) is 0 Å². The lowest BCUT2D eigenvalue weighted by atomic mass is 9.99. The molecule has 1 N–H and O–H groups in total. The van der Waals surface area contributed by atoms with Gasteiger partial charge >= 0.3 is 29.8 Å². The van der Waals surface area contributed by atoms with Gasteiger partial charge in [-0.25, -0.2) is 0 Å². The van der Waals surface area contributed by atoms with Crippen LogP contribution in [0.25, 0.3) is 0 Å². The van der Waals surface area contributed by atoms with Gasteiger partial charge in [0.25, 0.3) is 0 Å². The van der Waals surface area contributed by atoms with Gasteiger partial charge in [-0.15, -0.1) is 0 Å². The number of rotatable bonds is 15. The van der Waals surface area contributed by atoms with Crippen LogP contribution >= 0.6 is 0 Å². The zero-order valence-corrected chi connectivity index (χ0v) is 40.9. The predicted octanol–water partition coefficient (Wildman–Crippen LogP) is 3.15. The van der Waals surface area contributed by atoms with E-state index < -0.39 is 165 Å². The molecule has 68 heavy (non-hydrogen) atoms. The van der Waals surface area contributed by atoms with Crippen LogP contribution in [0.1, 0.15) is 128 Å². The van der Waals surface area contributed by atoms with Crippen molar-refractivity contribution in [3.63, 3.8) is 0 Å². The van der Waals surface area contributed by atoms with Crippen LogP contribution < -0.4 is 0 Å². The van der Waals surface area contributed by atoms with Gasteiger partial charge in [-0.2, -0.15) is 0 Å². The maximum atomic E-state index is 12.5. The molecule has 6 aliphatic rings. The minimum atomic E-state index is -1.14. The van der Waals surface area contributed by atoms with Crippen LogP contribution in [0.15, 0.2) is 0 Å². The summed E-state index contributed by atoms with van der Waals surface area (Å²) in [6.45, 7) is 17.2. The van der Waals surface area contributed by atoms with Crippen LogP contribution in [0.2, 0.25) is 0 Å². The summed E-state index contributed by atoms with van der Waals surface area (Å²) in [5.41, 5.74) is 0. The third kappa shape index (κ3) is 15.0. The first kappa shape index (κ1) is 54.2. The molecule has 0 bridgehead atoms. The van der Waals surface area contributed by atoms with Gasteiger partial charge in [0.05, 0.1) is 42.7 Å². The van der Waals surface area contributed by atoms with Crippen LogP contribution in [0.3, 0.4) is 0 Å². The average Bonchev–Trinajstić information content (AvgIpc) is 3.21. The van der Waals surface area contributed by atoms with Crippen molar-refractivity contribution >= 4 is 29.8 Å². The Morgan fingerprint density at radius 1 is 0.338 bits per heavy atom. The van der Waals surface area contributed by atoms with Crippen molar-refractivity contribution in [2.24, 2.45) is 0 Å². The molecule has 0 aromatic heterocycles. The number of hydrogen-bond donors (Lipinski definition) is 1. The van der Waals surface area contributed by atoms with Gasteiger partial charge in [0.15, 0.2) is 49.9 Å². The second-order valence-corrected chi connectivity index (χ2v) is 18.6. The van der Waals surface area contributed by atoms with Crippen molar-refractivity contribution in [3.05, 3.63) is 0 Å². The van der Waals surface area contributed by atoms with E-state index in [9.17, 15) is 29.1 Å². The van der Waals surface area contributed by atoms with E-state index in [4.69, 9.17) is 75.8 Å². The van der Waals surface area contributed by atoms with E-state index in [1.165, 1.54) is 34.6 Å². The Morgan fingerprint density at radius 2 is 0.662 bits per heavy atom. The van der Waals surface area contributed by atoms with Crippen molar-refractivity contribution in [2.45, 2.75) is 263 Å². The van der Waals surface area contributed by atoms with Crippen molar-refractivity contribution in [2.75, 3.05) is 0 Å². The zero-order valence-electron chi connectivity index (χ0n) is 40.9. The standard InChI is InChI=1S/C46H72O22/c1-20-31(59-26(7)47)12-14-38(54-20)65-36-19-42(58-24(5)44(36)63-30(11)51)68-46-25(6)56-40(17-34(46)61-28(9)49)64-32-13-15-39(55-21(32)2)66-35-18-41(57-23(4)43(35)62-29(10)50)67-45-22(3)53-37(52)16-33(45)60-27(8)48/h20-25,31-46,52H,12-19H2,1-11H3/t20-,21-,22+,23+,24+,25+,31-,32-,33+,34+,35+,36+,37+,38-,39-,40+,41-,42-,43+,44+,45+,46+/m0/s1. The highest BCUT2D eigenvalue weighted by Gasteiger charge is 2.49. The molecular weight excluding hydrogens is 904 g/mol. The quantitative estimate of drug-likeness (QED) is 0.183. The Kier molecular flexibility index (Phi) is 19.4. The summed E-state index contributed by atoms with van der Waals surface area (Å²) in [5, 5.41) is 10.2. The maximum absolute atomic E-state index is 12.5. The predicted molar refractivity (Wildman–Crippen MR) is 227 cm³/mol. The van der Waals surface area contributed by atoms with Gasteiger partial charge in [0, 0.05) is 73.1 Å². The Labute approximate surface area is 397 Å². The first-order chi connectivity index (χ1) is 32.1. The van der Waals surface area contributed by atoms with Gasteiger partial charge in [-0.05, 0) is 54.4 Å². The summed E-state index contributed by atoms with van der Waals surface area (Å²) in [6, 6.07) is 0. The fraction of sp³-hybridized carbons (Fsp3) is 0.891. The normalized spacial score (nSPS) is 43.4. The molecule has 0 radical (unpaired) electrons. The average molecular weight is 977 g/mol. The SMILES string of the molecule is CC(=O)O[C@@H]1[C@@H](C)O[C@@H](O[C@@H]2[C@@H](C)O[C@H](O[C@H]3CC[C@H](O[C@@H]4C[C@H](O[C@@H]5[C@@H](C)O[C@@H](O)C[C@H]5OC(C)=O)O[C@H](C)[C@H]4OC(C)=O)O[C@H]3C)C[C@H]2OC(C)=O)C[C@H]1O[C@H]1CC[C@H](OC(C)=O)[C@H](C)O1. The minimum Gasteiger partial charge on any atom is -0.460 e. The molecule has 0 unspecified atom stereocenters. The van der Waals surface area contributed by atoms with Gasteiger partial charge in [-0.1, -0.05) is 0 Å². The lowest BCUT2D eigenvalue weighted by Crippen LogP contribution is -2.57.